The van der Waals surface area contributed by atoms with Crippen molar-refractivity contribution in [1.82, 2.24) is 9.97 Å². The van der Waals surface area contributed by atoms with Gasteiger partial charge < -0.3 is 5.32 Å². The Morgan fingerprint density at radius 2 is 2.19 bits per heavy atom. The highest BCUT2D eigenvalue weighted by Gasteiger charge is 2.13. The van der Waals surface area contributed by atoms with Crippen LogP contribution in [0.4, 0.5) is 11.5 Å². The van der Waals surface area contributed by atoms with Crippen molar-refractivity contribution < 1.29 is 4.92 Å². The van der Waals surface area contributed by atoms with Crippen LogP contribution in [0.5, 0.6) is 0 Å². The molecule has 0 spiro atoms. The maximum Gasteiger partial charge on any atom is 0.269 e. The van der Waals surface area contributed by atoms with Crippen molar-refractivity contribution in [3.63, 3.8) is 0 Å². The van der Waals surface area contributed by atoms with Crippen LogP contribution < -0.4 is 5.32 Å². The summed E-state index contributed by atoms with van der Waals surface area (Å²) in [5.74, 6) is 0.736. The third kappa shape index (κ3) is 2.68. The Balaban J connectivity index is 1.89. The van der Waals surface area contributed by atoms with E-state index >= 15 is 0 Å². The van der Waals surface area contributed by atoms with E-state index in [0.717, 1.165) is 21.6 Å². The van der Waals surface area contributed by atoms with E-state index in [4.69, 9.17) is 0 Å². The summed E-state index contributed by atoms with van der Waals surface area (Å²) in [5, 5.41) is 17.0. The van der Waals surface area contributed by atoms with E-state index in [1.54, 1.807) is 23.5 Å². The van der Waals surface area contributed by atoms with E-state index in [1.165, 1.54) is 12.4 Å². The summed E-state index contributed by atoms with van der Waals surface area (Å²) in [6.07, 6.45) is 1.52. The fraction of sp³-hybridized carbons (Fsp3) is 0.143. The molecule has 1 aromatic carbocycles. The van der Waals surface area contributed by atoms with Crippen molar-refractivity contribution in [2.45, 2.75) is 13.0 Å². The van der Waals surface area contributed by atoms with Gasteiger partial charge in [0.05, 0.1) is 16.4 Å². The summed E-state index contributed by atoms with van der Waals surface area (Å²) in [6, 6.07) is 8.47. The third-order valence-corrected chi connectivity index (χ3v) is 4.02. The van der Waals surface area contributed by atoms with Gasteiger partial charge in [-0.1, -0.05) is 12.1 Å². The second-order valence-electron chi connectivity index (χ2n) is 4.58. The minimum absolute atomic E-state index is 0.0875. The second-order valence-corrected chi connectivity index (χ2v) is 5.47. The van der Waals surface area contributed by atoms with Crippen molar-refractivity contribution in [2.24, 2.45) is 0 Å². The van der Waals surface area contributed by atoms with Gasteiger partial charge in [0.25, 0.3) is 5.69 Å². The van der Waals surface area contributed by atoms with Crippen LogP contribution in [0.3, 0.4) is 0 Å². The van der Waals surface area contributed by atoms with Crippen molar-refractivity contribution in [1.29, 1.82) is 0 Å². The molecule has 1 atom stereocenters. The number of thiophene rings is 1. The molecule has 0 bridgehead atoms. The summed E-state index contributed by atoms with van der Waals surface area (Å²) in [6.45, 7) is 1.94. The molecule has 6 nitrogen and oxygen atoms in total. The van der Waals surface area contributed by atoms with Crippen LogP contribution in [0.2, 0.25) is 0 Å². The number of hydrogen-bond acceptors (Lipinski definition) is 6. The van der Waals surface area contributed by atoms with Crippen LogP contribution in [0.15, 0.2) is 42.0 Å². The second kappa shape index (κ2) is 5.45. The van der Waals surface area contributed by atoms with E-state index in [9.17, 15) is 10.1 Å². The molecule has 0 radical (unpaired) electrons. The number of fused-ring (bicyclic) bond motifs is 1. The first-order valence-corrected chi connectivity index (χ1v) is 7.22. The standard InChI is InChI=1S/C14H12N4O2S/c1-9(10-3-2-4-11(7-10)18(19)20)17-13-12-5-6-21-14(12)16-8-15-13/h2-9H,1H3,(H,15,16,17)/t9-/m0/s1. The number of benzene rings is 1. The zero-order valence-electron chi connectivity index (χ0n) is 11.2. The van der Waals surface area contributed by atoms with E-state index in [2.05, 4.69) is 15.3 Å². The molecule has 0 saturated carbocycles. The number of anilines is 1. The normalized spacial score (nSPS) is 12.2. The van der Waals surface area contributed by atoms with Crippen LogP contribution in [0.1, 0.15) is 18.5 Å². The lowest BCUT2D eigenvalue weighted by Crippen LogP contribution is -2.08. The average molecular weight is 300 g/mol. The minimum Gasteiger partial charge on any atom is -0.363 e. The summed E-state index contributed by atoms with van der Waals surface area (Å²) in [4.78, 5) is 19.8. The van der Waals surface area contributed by atoms with Crippen LogP contribution in [-0.2, 0) is 0 Å². The first-order chi connectivity index (χ1) is 10.1. The fourth-order valence-corrected chi connectivity index (χ4v) is 2.83. The molecule has 0 aliphatic carbocycles. The van der Waals surface area contributed by atoms with Gasteiger partial charge in [-0.05, 0) is 23.9 Å². The Kier molecular flexibility index (Phi) is 3.49. The predicted octanol–water partition coefficient (Wildman–Crippen LogP) is 3.77. The van der Waals surface area contributed by atoms with Crippen molar-refractivity contribution in [3.05, 3.63) is 57.7 Å². The predicted molar refractivity (Wildman–Crippen MR) is 82.5 cm³/mol. The number of nitro groups is 1. The lowest BCUT2D eigenvalue weighted by atomic mass is 10.1. The number of aromatic nitrogens is 2. The number of hydrogen-bond donors (Lipinski definition) is 1. The Labute approximate surface area is 124 Å². The molecule has 1 N–H and O–H groups in total. The molecule has 2 heterocycles. The van der Waals surface area contributed by atoms with Crippen molar-refractivity contribution in [2.75, 3.05) is 5.32 Å². The number of non-ortho nitro benzene ring substituents is 1. The van der Waals surface area contributed by atoms with Gasteiger partial charge >= 0.3 is 0 Å². The molecule has 0 aliphatic rings. The van der Waals surface area contributed by atoms with E-state index in [0.29, 0.717) is 0 Å². The Morgan fingerprint density at radius 1 is 1.33 bits per heavy atom. The highest BCUT2D eigenvalue weighted by Crippen LogP contribution is 2.27. The maximum absolute atomic E-state index is 10.8. The molecular formula is C14H12N4O2S. The van der Waals surface area contributed by atoms with Crippen molar-refractivity contribution in [3.8, 4) is 0 Å². The van der Waals surface area contributed by atoms with Gasteiger partial charge in [0.2, 0.25) is 0 Å². The Hall–Kier alpha value is -2.54. The lowest BCUT2D eigenvalue weighted by Gasteiger charge is -2.15. The molecule has 3 rings (SSSR count). The molecule has 0 saturated heterocycles. The van der Waals surface area contributed by atoms with Gasteiger partial charge in [-0.3, -0.25) is 10.1 Å². The molecule has 0 amide bonds. The molecule has 0 fully saturated rings. The number of nitrogens with zero attached hydrogens (tertiary/aromatic N) is 3. The summed E-state index contributed by atoms with van der Waals surface area (Å²) in [5.41, 5.74) is 0.927. The Bertz CT molecular complexity index is 802. The monoisotopic (exact) mass is 300 g/mol. The molecule has 0 unspecified atom stereocenters. The van der Waals surface area contributed by atoms with Crippen LogP contribution in [0.25, 0.3) is 10.2 Å². The maximum atomic E-state index is 10.8. The summed E-state index contributed by atoms with van der Waals surface area (Å²) >= 11 is 1.55. The zero-order valence-corrected chi connectivity index (χ0v) is 12.0. The van der Waals surface area contributed by atoms with Crippen LogP contribution in [0, 0.1) is 10.1 Å². The molecule has 106 valence electrons. The van der Waals surface area contributed by atoms with E-state index in [1.807, 2.05) is 24.4 Å². The smallest absolute Gasteiger partial charge is 0.269 e. The average Bonchev–Trinajstić information content (AvgIpc) is 2.97. The van der Waals surface area contributed by atoms with Gasteiger partial charge in [-0.15, -0.1) is 11.3 Å². The summed E-state index contributed by atoms with van der Waals surface area (Å²) < 4.78 is 0. The lowest BCUT2D eigenvalue weighted by molar-refractivity contribution is -0.384. The van der Waals surface area contributed by atoms with Gasteiger partial charge in [0.1, 0.15) is 17.0 Å². The van der Waals surface area contributed by atoms with E-state index in [-0.39, 0.29) is 11.7 Å². The fourth-order valence-electron chi connectivity index (χ4n) is 2.10. The number of rotatable bonds is 4. The quantitative estimate of drug-likeness (QED) is 0.586. The zero-order chi connectivity index (χ0) is 14.8. The molecule has 7 heteroatoms. The molecule has 3 aromatic rings. The Morgan fingerprint density at radius 3 is 3.00 bits per heavy atom. The minimum atomic E-state index is -0.391. The van der Waals surface area contributed by atoms with E-state index < -0.39 is 4.92 Å². The van der Waals surface area contributed by atoms with Gasteiger partial charge in [-0.2, -0.15) is 0 Å². The van der Waals surface area contributed by atoms with Crippen LogP contribution in [-0.4, -0.2) is 14.9 Å². The van der Waals surface area contributed by atoms with Crippen molar-refractivity contribution >= 4 is 33.1 Å². The van der Waals surface area contributed by atoms with Gasteiger partial charge in [0.15, 0.2) is 0 Å². The first-order valence-electron chi connectivity index (χ1n) is 6.34. The highest BCUT2D eigenvalue weighted by atomic mass is 32.1. The first kappa shape index (κ1) is 13.4. The molecular weight excluding hydrogens is 288 g/mol. The SMILES string of the molecule is C[C@H](Nc1ncnc2sccc12)c1cccc([N+](=O)[O-])c1. The summed E-state index contributed by atoms with van der Waals surface area (Å²) in [7, 11) is 0. The highest BCUT2D eigenvalue weighted by molar-refractivity contribution is 7.16. The molecule has 21 heavy (non-hydrogen) atoms. The van der Waals surface area contributed by atoms with Gasteiger partial charge in [0, 0.05) is 12.1 Å². The number of nitro benzene ring substituents is 1. The van der Waals surface area contributed by atoms with Gasteiger partial charge in [-0.25, -0.2) is 9.97 Å². The topological polar surface area (TPSA) is 81.0 Å². The third-order valence-electron chi connectivity index (χ3n) is 3.20. The molecule has 2 aromatic heterocycles. The largest absolute Gasteiger partial charge is 0.363 e. The molecule has 0 aliphatic heterocycles. The van der Waals surface area contributed by atoms with Crippen LogP contribution >= 0.6 is 11.3 Å². The number of nitrogens with one attached hydrogen (secondary N) is 1.